The van der Waals surface area contributed by atoms with Crippen molar-refractivity contribution in [1.29, 1.82) is 0 Å². The van der Waals surface area contributed by atoms with Crippen LogP contribution in [0.15, 0.2) is 64.0 Å². The van der Waals surface area contributed by atoms with Gasteiger partial charge in [0.1, 0.15) is 12.4 Å². The lowest BCUT2D eigenvalue weighted by molar-refractivity contribution is 0.269. The summed E-state index contributed by atoms with van der Waals surface area (Å²) in [5.74, 6) is 0.746. The fourth-order valence-electron chi connectivity index (χ4n) is 3.19. The van der Waals surface area contributed by atoms with Crippen LogP contribution < -0.4 is 19.9 Å². The molecule has 182 valence electrons. The minimum atomic E-state index is -3.69. The van der Waals surface area contributed by atoms with Crippen LogP contribution in [0.25, 0.3) is 0 Å². The van der Waals surface area contributed by atoms with Crippen LogP contribution in [0, 0.1) is 5.82 Å². The third kappa shape index (κ3) is 7.41. The van der Waals surface area contributed by atoms with E-state index < -0.39 is 15.8 Å². The van der Waals surface area contributed by atoms with Gasteiger partial charge in [-0.1, -0.05) is 45.7 Å². The van der Waals surface area contributed by atoms with Gasteiger partial charge in [0.2, 0.25) is 10.0 Å². The van der Waals surface area contributed by atoms with Gasteiger partial charge in [0.25, 0.3) is 0 Å². The predicted octanol–water partition coefficient (Wildman–Crippen LogP) is 5.20. The van der Waals surface area contributed by atoms with Crippen LogP contribution in [0.5, 0.6) is 11.5 Å². The van der Waals surface area contributed by atoms with E-state index in [1.165, 1.54) is 24.3 Å². The second kappa shape index (κ2) is 12.0. The first-order valence-electron chi connectivity index (χ1n) is 10.5. The van der Waals surface area contributed by atoms with E-state index in [-0.39, 0.29) is 11.5 Å². The van der Waals surface area contributed by atoms with Gasteiger partial charge in [0.05, 0.1) is 16.5 Å². The second-order valence-corrected chi connectivity index (χ2v) is 10.3. The molecule has 10 heteroatoms. The van der Waals surface area contributed by atoms with Crippen molar-refractivity contribution in [3.63, 3.8) is 0 Å². The second-order valence-electron chi connectivity index (χ2n) is 7.46. The largest absolute Gasteiger partial charge is 0.490 e. The Morgan fingerprint density at radius 1 is 1.03 bits per heavy atom. The molecule has 0 spiro atoms. The van der Waals surface area contributed by atoms with Crippen LogP contribution in [-0.2, 0) is 29.6 Å². The molecule has 0 saturated carbocycles. The maximum absolute atomic E-state index is 13.3. The van der Waals surface area contributed by atoms with Crippen molar-refractivity contribution >= 4 is 37.6 Å². The van der Waals surface area contributed by atoms with Gasteiger partial charge in [0, 0.05) is 16.6 Å². The smallest absolute Gasteiger partial charge is 0.238 e. The molecular weight excluding hydrogens is 547 g/mol. The quantitative estimate of drug-likeness (QED) is 0.309. The van der Waals surface area contributed by atoms with E-state index in [4.69, 9.17) is 26.2 Å². The zero-order chi connectivity index (χ0) is 24.7. The van der Waals surface area contributed by atoms with E-state index in [0.717, 1.165) is 22.0 Å². The van der Waals surface area contributed by atoms with Gasteiger partial charge in [-0.05, 0) is 67.4 Å². The zero-order valence-electron chi connectivity index (χ0n) is 18.5. The first-order chi connectivity index (χ1) is 16.2. The van der Waals surface area contributed by atoms with E-state index in [1.807, 2.05) is 19.1 Å². The molecule has 0 aromatic heterocycles. The van der Waals surface area contributed by atoms with E-state index in [9.17, 15) is 12.8 Å². The standard InChI is InChI=1S/C24H25BrClFN2O4S/c1-2-32-23-11-18(14-29-10-9-16-3-7-20(8-4-16)34(28,30)31)21(25)13-24(23)33-15-17-5-6-19(27)12-22(17)26/h3-8,11-13,29H,2,9-10,14-15H2,1H3,(H2,28,30,31). The Morgan fingerprint density at radius 3 is 2.38 bits per heavy atom. The van der Waals surface area contributed by atoms with E-state index >= 15 is 0 Å². The predicted molar refractivity (Wildman–Crippen MR) is 134 cm³/mol. The molecule has 0 fully saturated rings. The van der Waals surface area contributed by atoms with Crippen molar-refractivity contribution in [2.24, 2.45) is 5.14 Å². The molecule has 3 aromatic rings. The van der Waals surface area contributed by atoms with Crippen molar-refractivity contribution in [3.8, 4) is 11.5 Å². The van der Waals surface area contributed by atoms with Gasteiger partial charge in [-0.25, -0.2) is 17.9 Å². The molecule has 0 unspecified atom stereocenters. The van der Waals surface area contributed by atoms with Crippen LogP contribution >= 0.6 is 27.5 Å². The number of sulfonamides is 1. The topological polar surface area (TPSA) is 90.6 Å². The van der Waals surface area contributed by atoms with Crippen molar-refractivity contribution in [3.05, 3.63) is 86.6 Å². The first kappa shape index (κ1) is 26.4. The SMILES string of the molecule is CCOc1cc(CNCCc2ccc(S(N)(=O)=O)cc2)c(Br)cc1OCc1ccc(F)cc1Cl. The molecule has 0 aliphatic rings. The molecular formula is C24H25BrClFN2O4S. The number of primary sulfonamides is 1. The Bertz CT molecular complexity index is 1240. The number of hydrogen-bond acceptors (Lipinski definition) is 5. The minimum absolute atomic E-state index is 0.0978. The van der Waals surface area contributed by atoms with Crippen molar-refractivity contribution in [1.82, 2.24) is 5.32 Å². The normalized spacial score (nSPS) is 11.4. The fraction of sp³-hybridized carbons (Fsp3) is 0.250. The van der Waals surface area contributed by atoms with E-state index in [2.05, 4.69) is 21.2 Å². The molecule has 0 heterocycles. The fourth-order valence-corrected chi connectivity index (χ4v) is 4.39. The van der Waals surface area contributed by atoms with Crippen LogP contribution in [-0.4, -0.2) is 21.6 Å². The van der Waals surface area contributed by atoms with Crippen LogP contribution in [0.1, 0.15) is 23.6 Å². The Balaban J connectivity index is 1.60. The van der Waals surface area contributed by atoms with Crippen molar-refractivity contribution < 1.29 is 22.3 Å². The summed E-state index contributed by atoms with van der Waals surface area (Å²) in [7, 11) is -3.69. The van der Waals surface area contributed by atoms with Gasteiger partial charge < -0.3 is 14.8 Å². The highest BCUT2D eigenvalue weighted by atomic mass is 79.9. The summed E-state index contributed by atoms with van der Waals surface area (Å²) in [6.45, 7) is 3.80. The monoisotopic (exact) mass is 570 g/mol. The number of ether oxygens (including phenoxy) is 2. The Kier molecular flexibility index (Phi) is 9.32. The van der Waals surface area contributed by atoms with Crippen LogP contribution in [0.4, 0.5) is 4.39 Å². The zero-order valence-corrected chi connectivity index (χ0v) is 21.6. The van der Waals surface area contributed by atoms with Gasteiger partial charge in [0.15, 0.2) is 11.5 Å². The summed E-state index contributed by atoms with van der Waals surface area (Å²) in [5, 5.41) is 8.80. The lowest BCUT2D eigenvalue weighted by Crippen LogP contribution is -2.17. The molecule has 3 aromatic carbocycles. The third-order valence-electron chi connectivity index (χ3n) is 4.97. The van der Waals surface area contributed by atoms with Crippen LogP contribution in [0.3, 0.4) is 0 Å². The maximum atomic E-state index is 13.3. The molecule has 3 rings (SSSR count). The lowest BCUT2D eigenvalue weighted by atomic mass is 10.1. The summed E-state index contributed by atoms with van der Waals surface area (Å²) >= 11 is 9.68. The molecule has 0 atom stereocenters. The molecule has 0 saturated heterocycles. The molecule has 0 aliphatic carbocycles. The molecule has 0 amide bonds. The van der Waals surface area contributed by atoms with E-state index in [1.54, 1.807) is 18.2 Å². The number of rotatable bonds is 11. The Hall–Kier alpha value is -2.17. The molecule has 34 heavy (non-hydrogen) atoms. The molecule has 0 aliphatic heterocycles. The molecule has 3 N–H and O–H groups in total. The highest BCUT2D eigenvalue weighted by Gasteiger charge is 2.13. The summed E-state index contributed by atoms with van der Waals surface area (Å²) in [6, 6.07) is 14.5. The first-order valence-corrected chi connectivity index (χ1v) is 13.2. The van der Waals surface area contributed by atoms with Crippen LogP contribution in [0.2, 0.25) is 5.02 Å². The average Bonchev–Trinajstić information content (AvgIpc) is 2.78. The van der Waals surface area contributed by atoms with Gasteiger partial charge >= 0.3 is 0 Å². The number of hydrogen-bond donors (Lipinski definition) is 2. The van der Waals surface area contributed by atoms with Gasteiger partial charge in [-0.15, -0.1) is 0 Å². The Morgan fingerprint density at radius 2 is 1.74 bits per heavy atom. The van der Waals surface area contributed by atoms with Crippen molar-refractivity contribution in [2.75, 3.05) is 13.2 Å². The number of nitrogens with one attached hydrogen (secondary N) is 1. The summed E-state index contributed by atoms with van der Waals surface area (Å²) in [6.07, 6.45) is 0.723. The number of halogens is 3. The highest BCUT2D eigenvalue weighted by molar-refractivity contribution is 9.10. The molecule has 0 bridgehead atoms. The summed E-state index contributed by atoms with van der Waals surface area (Å²) in [4.78, 5) is 0.0978. The molecule has 6 nitrogen and oxygen atoms in total. The van der Waals surface area contributed by atoms with Gasteiger partial charge in [-0.3, -0.25) is 0 Å². The summed E-state index contributed by atoms with van der Waals surface area (Å²) in [5.41, 5.74) is 2.65. The summed E-state index contributed by atoms with van der Waals surface area (Å²) < 4.78 is 48.5. The minimum Gasteiger partial charge on any atom is -0.490 e. The maximum Gasteiger partial charge on any atom is 0.238 e. The Labute approximate surface area is 212 Å². The number of benzene rings is 3. The number of nitrogens with two attached hydrogens (primary N) is 1. The highest BCUT2D eigenvalue weighted by Crippen LogP contribution is 2.35. The van der Waals surface area contributed by atoms with E-state index in [0.29, 0.717) is 41.8 Å². The molecule has 0 radical (unpaired) electrons. The third-order valence-corrected chi connectivity index (χ3v) is 6.99. The lowest BCUT2D eigenvalue weighted by Gasteiger charge is -2.16. The average molecular weight is 572 g/mol. The van der Waals surface area contributed by atoms with Crippen molar-refractivity contribution in [2.45, 2.75) is 31.4 Å². The van der Waals surface area contributed by atoms with Gasteiger partial charge in [-0.2, -0.15) is 0 Å².